The summed E-state index contributed by atoms with van der Waals surface area (Å²) in [4.78, 5) is 19.2. The average molecular weight is 251 g/mol. The lowest BCUT2D eigenvalue weighted by Gasteiger charge is -2.00. The molecule has 0 atom stereocenters. The maximum absolute atomic E-state index is 11.1. The smallest absolute Gasteiger partial charge is 0.196 e. The number of carbonyl (C=O) groups is 1. The lowest BCUT2D eigenvalue weighted by molar-refractivity contribution is 0.100. The Morgan fingerprint density at radius 3 is 2.93 bits per heavy atom. The van der Waals surface area contributed by atoms with Gasteiger partial charge in [-0.15, -0.1) is 0 Å². The number of halogens is 1. The van der Waals surface area contributed by atoms with Crippen LogP contribution in [0.3, 0.4) is 0 Å². The number of aromatic nitrogens is 2. The van der Waals surface area contributed by atoms with Crippen molar-refractivity contribution in [2.24, 2.45) is 0 Å². The molecule has 0 radical (unpaired) electrons. The standard InChI is InChI=1S/C10H7BrN2O/c1-6(14)10-12-5-7-3-2-4-8(11)9(7)13-10/h2-5H,1H3. The largest absolute Gasteiger partial charge is 0.291 e. The molecule has 2 aromatic rings. The molecule has 70 valence electrons. The maximum Gasteiger partial charge on any atom is 0.196 e. The first kappa shape index (κ1) is 9.27. The average Bonchev–Trinajstić information content (AvgIpc) is 2.18. The molecule has 0 unspecified atom stereocenters. The van der Waals surface area contributed by atoms with E-state index in [1.807, 2.05) is 18.2 Å². The van der Waals surface area contributed by atoms with Crippen molar-refractivity contribution in [1.82, 2.24) is 9.97 Å². The van der Waals surface area contributed by atoms with Gasteiger partial charge in [-0.1, -0.05) is 12.1 Å². The topological polar surface area (TPSA) is 42.9 Å². The van der Waals surface area contributed by atoms with E-state index in [4.69, 9.17) is 0 Å². The fourth-order valence-electron chi connectivity index (χ4n) is 1.19. The Morgan fingerprint density at radius 1 is 1.43 bits per heavy atom. The molecule has 0 saturated heterocycles. The number of rotatable bonds is 1. The van der Waals surface area contributed by atoms with Gasteiger partial charge in [0.25, 0.3) is 0 Å². The zero-order valence-corrected chi connectivity index (χ0v) is 9.08. The second kappa shape index (κ2) is 3.46. The molecule has 1 heterocycles. The van der Waals surface area contributed by atoms with Crippen molar-refractivity contribution in [3.8, 4) is 0 Å². The van der Waals surface area contributed by atoms with Gasteiger partial charge in [0.1, 0.15) is 0 Å². The predicted octanol–water partition coefficient (Wildman–Crippen LogP) is 2.59. The zero-order valence-electron chi connectivity index (χ0n) is 7.49. The quantitative estimate of drug-likeness (QED) is 0.731. The SMILES string of the molecule is CC(=O)c1ncc2cccc(Br)c2n1. The minimum absolute atomic E-state index is 0.123. The van der Waals surface area contributed by atoms with Crippen LogP contribution in [0.2, 0.25) is 0 Å². The molecule has 4 heteroatoms. The van der Waals surface area contributed by atoms with Gasteiger partial charge in [0.05, 0.1) is 5.52 Å². The molecule has 0 fully saturated rings. The number of Topliss-reactive ketones (excluding diaryl/α,β-unsaturated/α-hetero) is 1. The summed E-state index contributed by atoms with van der Waals surface area (Å²) in [5.41, 5.74) is 0.771. The Hall–Kier alpha value is -1.29. The van der Waals surface area contributed by atoms with Crippen molar-refractivity contribution >= 4 is 32.6 Å². The van der Waals surface area contributed by atoms with E-state index in [0.29, 0.717) is 0 Å². The van der Waals surface area contributed by atoms with E-state index in [9.17, 15) is 4.79 Å². The lowest BCUT2D eigenvalue weighted by atomic mass is 10.2. The van der Waals surface area contributed by atoms with Crippen molar-refractivity contribution in [2.45, 2.75) is 6.92 Å². The second-order valence-electron chi connectivity index (χ2n) is 2.93. The molecule has 0 N–H and O–H groups in total. The molecule has 0 aliphatic rings. The summed E-state index contributed by atoms with van der Waals surface area (Å²) < 4.78 is 0.875. The van der Waals surface area contributed by atoms with Gasteiger partial charge in [0.15, 0.2) is 11.6 Å². The summed E-state index contributed by atoms with van der Waals surface area (Å²) in [5.74, 6) is 0.132. The fraction of sp³-hybridized carbons (Fsp3) is 0.100. The Balaban J connectivity index is 2.76. The number of benzene rings is 1. The summed E-state index contributed by atoms with van der Waals surface area (Å²) in [6.45, 7) is 1.46. The maximum atomic E-state index is 11.1. The third kappa shape index (κ3) is 1.53. The van der Waals surface area contributed by atoms with Gasteiger partial charge in [-0.3, -0.25) is 4.79 Å². The summed E-state index contributed by atoms with van der Waals surface area (Å²) in [7, 11) is 0. The molecule has 14 heavy (non-hydrogen) atoms. The van der Waals surface area contributed by atoms with Gasteiger partial charge < -0.3 is 0 Å². The van der Waals surface area contributed by atoms with Crippen LogP contribution in [0, 0.1) is 0 Å². The van der Waals surface area contributed by atoms with Crippen LogP contribution in [-0.2, 0) is 0 Å². The highest BCUT2D eigenvalue weighted by molar-refractivity contribution is 9.10. The Morgan fingerprint density at radius 2 is 2.21 bits per heavy atom. The van der Waals surface area contributed by atoms with Crippen LogP contribution < -0.4 is 0 Å². The molecular formula is C10H7BrN2O. The molecule has 0 bridgehead atoms. The number of fused-ring (bicyclic) bond motifs is 1. The monoisotopic (exact) mass is 250 g/mol. The number of carbonyl (C=O) groups excluding carboxylic acids is 1. The van der Waals surface area contributed by atoms with Crippen molar-refractivity contribution in [3.63, 3.8) is 0 Å². The van der Waals surface area contributed by atoms with Crippen LogP contribution in [0.15, 0.2) is 28.9 Å². The first-order valence-electron chi connectivity index (χ1n) is 4.10. The Bertz CT molecular complexity index is 510. The summed E-state index contributed by atoms with van der Waals surface area (Å²) >= 11 is 3.38. The van der Waals surface area contributed by atoms with E-state index in [1.54, 1.807) is 6.20 Å². The first-order chi connectivity index (χ1) is 6.68. The highest BCUT2D eigenvalue weighted by Gasteiger charge is 2.05. The van der Waals surface area contributed by atoms with Gasteiger partial charge in [-0.2, -0.15) is 0 Å². The molecule has 0 saturated carbocycles. The molecule has 3 nitrogen and oxygen atoms in total. The number of nitrogens with zero attached hydrogens (tertiary/aromatic N) is 2. The molecule has 1 aromatic carbocycles. The molecule has 0 spiro atoms. The van der Waals surface area contributed by atoms with Crippen molar-refractivity contribution in [3.05, 3.63) is 34.7 Å². The molecule has 0 aliphatic heterocycles. The summed E-state index contributed by atoms with van der Waals surface area (Å²) in [6, 6.07) is 5.70. The number of hydrogen-bond acceptors (Lipinski definition) is 3. The van der Waals surface area contributed by atoms with E-state index >= 15 is 0 Å². The van der Waals surface area contributed by atoms with E-state index < -0.39 is 0 Å². The summed E-state index contributed by atoms with van der Waals surface area (Å²) in [5, 5.41) is 0.921. The zero-order chi connectivity index (χ0) is 10.1. The fourth-order valence-corrected chi connectivity index (χ4v) is 1.66. The molecule has 2 rings (SSSR count). The molecule has 0 aliphatic carbocycles. The number of hydrogen-bond donors (Lipinski definition) is 0. The third-order valence-corrected chi connectivity index (χ3v) is 2.52. The van der Waals surface area contributed by atoms with Crippen molar-refractivity contribution in [2.75, 3.05) is 0 Å². The molecule has 1 aromatic heterocycles. The minimum Gasteiger partial charge on any atom is -0.291 e. The first-order valence-corrected chi connectivity index (χ1v) is 4.90. The van der Waals surface area contributed by atoms with E-state index in [1.165, 1.54) is 6.92 Å². The van der Waals surface area contributed by atoms with Crippen molar-refractivity contribution < 1.29 is 4.79 Å². The highest BCUT2D eigenvalue weighted by Crippen LogP contribution is 2.20. The van der Waals surface area contributed by atoms with Crippen LogP contribution >= 0.6 is 15.9 Å². The van der Waals surface area contributed by atoms with Gasteiger partial charge in [0, 0.05) is 23.0 Å². The minimum atomic E-state index is -0.123. The predicted molar refractivity (Wildman–Crippen MR) is 57.2 cm³/mol. The Kier molecular flexibility index (Phi) is 2.29. The van der Waals surface area contributed by atoms with Crippen LogP contribution in [-0.4, -0.2) is 15.8 Å². The molecular weight excluding hydrogens is 244 g/mol. The van der Waals surface area contributed by atoms with E-state index in [-0.39, 0.29) is 11.6 Å². The normalized spacial score (nSPS) is 10.4. The Labute approximate surface area is 89.3 Å². The van der Waals surface area contributed by atoms with Crippen LogP contribution in [0.25, 0.3) is 10.9 Å². The van der Waals surface area contributed by atoms with Crippen LogP contribution in [0.1, 0.15) is 17.5 Å². The third-order valence-electron chi connectivity index (χ3n) is 1.88. The van der Waals surface area contributed by atoms with Crippen LogP contribution in [0.4, 0.5) is 0 Å². The summed E-state index contributed by atoms with van der Waals surface area (Å²) in [6.07, 6.45) is 1.66. The van der Waals surface area contributed by atoms with E-state index in [2.05, 4.69) is 25.9 Å². The van der Waals surface area contributed by atoms with Crippen LogP contribution in [0.5, 0.6) is 0 Å². The van der Waals surface area contributed by atoms with Gasteiger partial charge >= 0.3 is 0 Å². The van der Waals surface area contributed by atoms with Crippen molar-refractivity contribution in [1.29, 1.82) is 0 Å². The second-order valence-corrected chi connectivity index (χ2v) is 3.78. The highest BCUT2D eigenvalue weighted by atomic mass is 79.9. The van der Waals surface area contributed by atoms with E-state index in [0.717, 1.165) is 15.4 Å². The number of para-hydroxylation sites is 1. The number of ketones is 1. The lowest BCUT2D eigenvalue weighted by Crippen LogP contribution is -2.00. The van der Waals surface area contributed by atoms with Gasteiger partial charge in [0.2, 0.25) is 0 Å². The van der Waals surface area contributed by atoms with Gasteiger partial charge in [-0.05, 0) is 22.0 Å². The van der Waals surface area contributed by atoms with Gasteiger partial charge in [-0.25, -0.2) is 9.97 Å². The molecule has 0 amide bonds.